The van der Waals surface area contributed by atoms with E-state index >= 15 is 0 Å². The minimum absolute atomic E-state index is 0.0934. The van der Waals surface area contributed by atoms with Crippen LogP contribution in [0.3, 0.4) is 0 Å². The monoisotopic (exact) mass is 186 g/mol. The minimum atomic E-state index is -0.315. The molecule has 0 aliphatic carbocycles. The van der Waals surface area contributed by atoms with Gasteiger partial charge in [0, 0.05) is 32.8 Å². The highest BCUT2D eigenvalue weighted by atomic mass is 16.5. The standard InChI is InChI=1S/C9H18N2O2/c1-7-6-11(5-4-10-7)9(12)8(2)13-3/h7-8,10H,4-6H2,1-3H3/t7-,8?/m1/s1. The lowest BCUT2D eigenvalue weighted by Crippen LogP contribution is -2.53. The predicted octanol–water partition coefficient (Wildman–Crippen LogP) is -0.158. The average molecular weight is 186 g/mol. The Morgan fingerprint density at radius 2 is 2.38 bits per heavy atom. The Bertz CT molecular complexity index is 184. The third-order valence-corrected chi connectivity index (χ3v) is 2.38. The molecule has 13 heavy (non-hydrogen) atoms. The molecule has 1 rings (SSSR count). The second-order valence-electron chi connectivity index (χ2n) is 3.52. The Hall–Kier alpha value is -0.610. The number of hydrogen-bond donors (Lipinski definition) is 1. The molecule has 4 heteroatoms. The molecule has 1 heterocycles. The number of nitrogens with one attached hydrogen (secondary N) is 1. The largest absolute Gasteiger partial charge is 0.372 e. The Balaban J connectivity index is 2.46. The third kappa shape index (κ3) is 2.67. The molecule has 0 aromatic rings. The quantitative estimate of drug-likeness (QED) is 0.651. The summed E-state index contributed by atoms with van der Waals surface area (Å²) in [5.74, 6) is 0.0934. The van der Waals surface area contributed by atoms with Gasteiger partial charge in [-0.05, 0) is 13.8 Å². The zero-order chi connectivity index (χ0) is 9.84. The molecule has 4 nitrogen and oxygen atoms in total. The van der Waals surface area contributed by atoms with Crippen LogP contribution < -0.4 is 5.32 Å². The van der Waals surface area contributed by atoms with Gasteiger partial charge in [0.25, 0.3) is 5.91 Å². The molecule has 2 atom stereocenters. The topological polar surface area (TPSA) is 41.6 Å². The van der Waals surface area contributed by atoms with Crippen molar-refractivity contribution in [3.8, 4) is 0 Å². The molecule has 0 radical (unpaired) electrons. The number of carbonyl (C=O) groups excluding carboxylic acids is 1. The molecule has 0 saturated carbocycles. The van der Waals surface area contributed by atoms with Crippen LogP contribution in [0.1, 0.15) is 13.8 Å². The van der Waals surface area contributed by atoms with Crippen LogP contribution in [0.25, 0.3) is 0 Å². The number of nitrogens with zero attached hydrogens (tertiary/aromatic N) is 1. The van der Waals surface area contributed by atoms with Crippen molar-refractivity contribution >= 4 is 5.91 Å². The maximum atomic E-state index is 11.6. The zero-order valence-electron chi connectivity index (χ0n) is 8.54. The van der Waals surface area contributed by atoms with E-state index in [4.69, 9.17) is 4.74 Å². The molecule has 1 unspecified atom stereocenters. The van der Waals surface area contributed by atoms with Crippen molar-refractivity contribution in [2.45, 2.75) is 26.0 Å². The highest BCUT2D eigenvalue weighted by Crippen LogP contribution is 2.03. The molecular weight excluding hydrogens is 168 g/mol. The molecule has 0 aromatic carbocycles. The van der Waals surface area contributed by atoms with Crippen LogP contribution in [0.5, 0.6) is 0 Å². The molecular formula is C9H18N2O2. The first-order valence-corrected chi connectivity index (χ1v) is 4.70. The van der Waals surface area contributed by atoms with Crippen molar-refractivity contribution in [3.05, 3.63) is 0 Å². The van der Waals surface area contributed by atoms with Gasteiger partial charge in [0.2, 0.25) is 0 Å². The summed E-state index contributed by atoms with van der Waals surface area (Å²) in [6.45, 7) is 6.32. The van der Waals surface area contributed by atoms with E-state index < -0.39 is 0 Å². The second kappa shape index (κ2) is 4.58. The van der Waals surface area contributed by atoms with Crippen LogP contribution in [0, 0.1) is 0 Å². The van der Waals surface area contributed by atoms with Crippen LogP contribution in [0.4, 0.5) is 0 Å². The number of rotatable bonds is 2. The normalized spacial score (nSPS) is 25.8. The van der Waals surface area contributed by atoms with Gasteiger partial charge in [-0.1, -0.05) is 0 Å². The van der Waals surface area contributed by atoms with E-state index in [-0.39, 0.29) is 12.0 Å². The summed E-state index contributed by atoms with van der Waals surface area (Å²) in [5, 5.41) is 3.29. The second-order valence-corrected chi connectivity index (χ2v) is 3.52. The van der Waals surface area contributed by atoms with Crippen LogP contribution in [0.15, 0.2) is 0 Å². The van der Waals surface area contributed by atoms with Crippen molar-refractivity contribution in [2.24, 2.45) is 0 Å². The number of hydrogen-bond acceptors (Lipinski definition) is 3. The van der Waals surface area contributed by atoms with Gasteiger partial charge in [0.1, 0.15) is 6.10 Å². The molecule has 0 bridgehead atoms. The summed E-state index contributed by atoms with van der Waals surface area (Å²) in [5.41, 5.74) is 0. The number of carbonyl (C=O) groups is 1. The number of amides is 1. The maximum Gasteiger partial charge on any atom is 0.251 e. The highest BCUT2D eigenvalue weighted by Gasteiger charge is 2.24. The van der Waals surface area contributed by atoms with Crippen molar-refractivity contribution in [1.82, 2.24) is 10.2 Å². The van der Waals surface area contributed by atoms with Gasteiger partial charge in [-0.25, -0.2) is 0 Å². The van der Waals surface area contributed by atoms with Gasteiger partial charge < -0.3 is 15.0 Å². The van der Waals surface area contributed by atoms with Gasteiger partial charge >= 0.3 is 0 Å². The lowest BCUT2D eigenvalue weighted by atomic mass is 10.2. The van der Waals surface area contributed by atoms with Crippen LogP contribution in [-0.4, -0.2) is 49.7 Å². The summed E-state index contributed by atoms with van der Waals surface area (Å²) >= 11 is 0. The first-order chi connectivity index (χ1) is 6.15. The van der Waals surface area contributed by atoms with Crippen LogP contribution >= 0.6 is 0 Å². The van der Waals surface area contributed by atoms with E-state index in [0.29, 0.717) is 6.04 Å². The van der Waals surface area contributed by atoms with Crippen molar-refractivity contribution in [3.63, 3.8) is 0 Å². The van der Waals surface area contributed by atoms with Gasteiger partial charge in [-0.2, -0.15) is 0 Å². The van der Waals surface area contributed by atoms with Gasteiger partial charge in [0.15, 0.2) is 0 Å². The molecule has 1 fully saturated rings. The average Bonchev–Trinajstić information content (AvgIpc) is 2.15. The molecule has 1 aliphatic heterocycles. The molecule has 1 amide bonds. The molecule has 1 N–H and O–H groups in total. The highest BCUT2D eigenvalue weighted by molar-refractivity contribution is 5.80. The van der Waals surface area contributed by atoms with Gasteiger partial charge in [0.05, 0.1) is 0 Å². The van der Waals surface area contributed by atoms with E-state index in [2.05, 4.69) is 12.2 Å². The summed E-state index contributed by atoms with van der Waals surface area (Å²) in [6.07, 6.45) is -0.315. The van der Waals surface area contributed by atoms with Crippen molar-refractivity contribution in [2.75, 3.05) is 26.7 Å². The van der Waals surface area contributed by atoms with E-state index in [1.54, 1.807) is 14.0 Å². The first kappa shape index (κ1) is 10.5. The maximum absolute atomic E-state index is 11.6. The summed E-state index contributed by atoms with van der Waals surface area (Å²) in [7, 11) is 1.56. The summed E-state index contributed by atoms with van der Waals surface area (Å²) in [6, 6.07) is 0.391. The first-order valence-electron chi connectivity index (χ1n) is 4.70. The summed E-state index contributed by atoms with van der Waals surface area (Å²) < 4.78 is 4.99. The zero-order valence-corrected chi connectivity index (χ0v) is 8.54. The Kier molecular flexibility index (Phi) is 3.69. The van der Waals surface area contributed by atoms with Crippen molar-refractivity contribution in [1.29, 1.82) is 0 Å². The van der Waals surface area contributed by atoms with Crippen LogP contribution in [0.2, 0.25) is 0 Å². The Morgan fingerprint density at radius 1 is 1.69 bits per heavy atom. The van der Waals surface area contributed by atoms with Crippen molar-refractivity contribution < 1.29 is 9.53 Å². The fraction of sp³-hybridized carbons (Fsp3) is 0.889. The van der Waals surface area contributed by atoms with E-state index in [0.717, 1.165) is 19.6 Å². The van der Waals surface area contributed by atoms with Crippen LogP contribution in [-0.2, 0) is 9.53 Å². The third-order valence-electron chi connectivity index (χ3n) is 2.38. The van der Waals surface area contributed by atoms with E-state index in [1.807, 2.05) is 4.90 Å². The smallest absolute Gasteiger partial charge is 0.251 e. The molecule has 1 saturated heterocycles. The number of methoxy groups -OCH3 is 1. The van der Waals surface area contributed by atoms with E-state index in [1.165, 1.54) is 0 Å². The lowest BCUT2D eigenvalue weighted by molar-refractivity contribution is -0.142. The Morgan fingerprint density at radius 3 is 2.92 bits per heavy atom. The van der Waals surface area contributed by atoms with Gasteiger partial charge in [-0.15, -0.1) is 0 Å². The fourth-order valence-electron chi connectivity index (χ4n) is 1.49. The SMILES string of the molecule is COC(C)C(=O)N1CCN[C@H](C)C1. The molecule has 76 valence electrons. The number of ether oxygens (including phenoxy) is 1. The summed E-state index contributed by atoms with van der Waals surface area (Å²) in [4.78, 5) is 13.5. The Labute approximate surface area is 79.2 Å². The minimum Gasteiger partial charge on any atom is -0.372 e. The van der Waals surface area contributed by atoms with E-state index in [9.17, 15) is 4.79 Å². The lowest BCUT2D eigenvalue weighted by Gasteiger charge is -2.33. The fourth-order valence-corrected chi connectivity index (χ4v) is 1.49. The molecule has 0 spiro atoms. The van der Waals surface area contributed by atoms with Gasteiger partial charge in [-0.3, -0.25) is 4.79 Å². The molecule has 0 aromatic heterocycles. The number of piperazine rings is 1. The molecule has 1 aliphatic rings. The predicted molar refractivity (Wildman–Crippen MR) is 50.5 cm³/mol.